The van der Waals surface area contributed by atoms with Crippen molar-refractivity contribution in [3.63, 3.8) is 0 Å². The van der Waals surface area contributed by atoms with Gasteiger partial charge in [0, 0.05) is 0 Å². The Morgan fingerprint density at radius 1 is 0.273 bits per heavy atom. The van der Waals surface area contributed by atoms with E-state index in [-0.39, 0.29) is 0 Å². The van der Waals surface area contributed by atoms with E-state index >= 15 is 0 Å². The normalized spacial score (nSPS) is 12.0. The number of hydrogen-bond acceptors (Lipinski definition) is 2. The fourth-order valence-electron chi connectivity index (χ4n) is 6.63. The Hall–Kier alpha value is -5.86. The Kier molecular flexibility index (Phi) is 5.54. The molecule has 9 rings (SSSR count). The number of fused-ring (bicyclic) bond motifs is 5. The van der Waals surface area contributed by atoms with E-state index in [4.69, 9.17) is 9.47 Å². The minimum absolute atomic E-state index is 0.725. The highest BCUT2D eigenvalue weighted by molar-refractivity contribution is 6.21. The van der Waals surface area contributed by atoms with Crippen LogP contribution in [0.25, 0.3) is 65.7 Å². The molecule has 0 fully saturated rings. The van der Waals surface area contributed by atoms with Gasteiger partial charge < -0.3 is 9.47 Å². The van der Waals surface area contributed by atoms with E-state index in [0.717, 1.165) is 44.9 Å². The van der Waals surface area contributed by atoms with Gasteiger partial charge in [-0.1, -0.05) is 133 Å². The number of rotatable bonds is 3. The Bertz CT molecular complexity index is 2310. The van der Waals surface area contributed by atoms with Crippen LogP contribution in [-0.2, 0) is 0 Å². The van der Waals surface area contributed by atoms with E-state index in [1.807, 2.05) is 30.3 Å². The first-order chi connectivity index (χ1) is 21.8. The third-order valence-corrected chi connectivity index (χ3v) is 8.70. The lowest BCUT2D eigenvalue weighted by Gasteiger charge is -2.22. The number of hydrogen-bond donors (Lipinski definition) is 0. The van der Waals surface area contributed by atoms with Crippen molar-refractivity contribution in [3.05, 3.63) is 158 Å². The molecule has 0 saturated heterocycles. The minimum Gasteiger partial charge on any atom is -0.449 e. The van der Waals surface area contributed by atoms with Crippen LogP contribution in [0, 0.1) is 0 Å². The molecule has 0 aliphatic carbocycles. The Labute approximate surface area is 255 Å². The summed E-state index contributed by atoms with van der Waals surface area (Å²) in [6.07, 6.45) is 0. The van der Waals surface area contributed by atoms with Crippen LogP contribution in [-0.4, -0.2) is 0 Å². The standard InChI is InChI=1S/C42H26O2/c1-2-10-28(11-3-1)41-33-14-6-8-16-35(33)42(36-17-9-7-15-34(36)41)29-20-18-27(19-21-29)32-22-23-37-38(26-32)44-40-25-31-13-5-4-12-30(31)24-39(40)43-37/h1-26H. The molecular formula is C42H26O2. The van der Waals surface area contributed by atoms with Crippen LogP contribution in [0.1, 0.15) is 0 Å². The molecule has 0 atom stereocenters. The van der Waals surface area contributed by atoms with Crippen molar-refractivity contribution in [1.29, 1.82) is 0 Å². The zero-order valence-electron chi connectivity index (χ0n) is 23.8. The maximum atomic E-state index is 6.36. The largest absolute Gasteiger partial charge is 0.449 e. The lowest BCUT2D eigenvalue weighted by molar-refractivity contribution is 0.360. The van der Waals surface area contributed by atoms with Gasteiger partial charge in [-0.3, -0.25) is 0 Å². The number of benzene rings is 8. The Balaban J connectivity index is 1.13. The van der Waals surface area contributed by atoms with Crippen LogP contribution in [0.5, 0.6) is 23.0 Å². The first-order valence-corrected chi connectivity index (χ1v) is 14.9. The van der Waals surface area contributed by atoms with Gasteiger partial charge in [0.05, 0.1) is 0 Å². The molecule has 1 aliphatic heterocycles. The molecule has 0 radical (unpaired) electrons. The van der Waals surface area contributed by atoms with Crippen LogP contribution >= 0.6 is 0 Å². The molecule has 2 heteroatoms. The van der Waals surface area contributed by atoms with Gasteiger partial charge in [-0.2, -0.15) is 0 Å². The van der Waals surface area contributed by atoms with E-state index in [9.17, 15) is 0 Å². The average Bonchev–Trinajstić information content (AvgIpc) is 3.09. The van der Waals surface area contributed by atoms with Gasteiger partial charge in [0.1, 0.15) is 0 Å². The maximum absolute atomic E-state index is 6.36. The predicted octanol–water partition coefficient (Wildman–Crippen LogP) is 12.0. The summed E-state index contributed by atoms with van der Waals surface area (Å²) in [7, 11) is 0. The second-order valence-electron chi connectivity index (χ2n) is 11.3. The maximum Gasteiger partial charge on any atom is 0.170 e. The second kappa shape index (κ2) is 9.86. The van der Waals surface area contributed by atoms with Crippen LogP contribution in [0.2, 0.25) is 0 Å². The van der Waals surface area contributed by atoms with Crippen molar-refractivity contribution in [2.75, 3.05) is 0 Å². The van der Waals surface area contributed by atoms with Gasteiger partial charge in [0.25, 0.3) is 0 Å². The highest BCUT2D eigenvalue weighted by Crippen LogP contribution is 2.48. The molecule has 2 nitrogen and oxygen atoms in total. The van der Waals surface area contributed by atoms with Gasteiger partial charge in [-0.15, -0.1) is 0 Å². The van der Waals surface area contributed by atoms with Crippen molar-refractivity contribution < 1.29 is 9.47 Å². The van der Waals surface area contributed by atoms with E-state index in [0.29, 0.717) is 0 Å². The summed E-state index contributed by atoms with van der Waals surface area (Å²) < 4.78 is 12.6. The summed E-state index contributed by atoms with van der Waals surface area (Å²) in [4.78, 5) is 0. The molecule has 8 aromatic carbocycles. The van der Waals surface area contributed by atoms with Gasteiger partial charge in [-0.25, -0.2) is 0 Å². The zero-order chi connectivity index (χ0) is 29.0. The first-order valence-electron chi connectivity index (χ1n) is 14.9. The molecule has 0 N–H and O–H groups in total. The zero-order valence-corrected chi connectivity index (χ0v) is 23.8. The second-order valence-corrected chi connectivity index (χ2v) is 11.3. The Morgan fingerprint density at radius 3 is 1.25 bits per heavy atom. The van der Waals surface area contributed by atoms with Crippen molar-refractivity contribution in [1.82, 2.24) is 0 Å². The summed E-state index contributed by atoms with van der Waals surface area (Å²) in [5.41, 5.74) is 7.17. The lowest BCUT2D eigenvalue weighted by Crippen LogP contribution is -1.99. The summed E-state index contributed by atoms with van der Waals surface area (Å²) in [5.74, 6) is 2.93. The fourth-order valence-corrected chi connectivity index (χ4v) is 6.63. The van der Waals surface area contributed by atoms with Gasteiger partial charge >= 0.3 is 0 Å². The predicted molar refractivity (Wildman–Crippen MR) is 182 cm³/mol. The van der Waals surface area contributed by atoms with Gasteiger partial charge in [0.2, 0.25) is 0 Å². The summed E-state index contributed by atoms with van der Waals surface area (Å²) in [5, 5.41) is 7.28. The highest BCUT2D eigenvalue weighted by atomic mass is 16.6. The molecule has 8 aromatic rings. The quantitative estimate of drug-likeness (QED) is 0.199. The van der Waals surface area contributed by atoms with Crippen LogP contribution in [0.3, 0.4) is 0 Å². The summed E-state index contributed by atoms with van der Waals surface area (Å²) >= 11 is 0. The number of ether oxygens (including phenoxy) is 2. The van der Waals surface area contributed by atoms with E-state index in [2.05, 4.69) is 127 Å². The summed E-state index contributed by atoms with van der Waals surface area (Å²) in [6.45, 7) is 0. The third-order valence-electron chi connectivity index (χ3n) is 8.70. The van der Waals surface area contributed by atoms with Crippen LogP contribution in [0.15, 0.2) is 158 Å². The van der Waals surface area contributed by atoms with Crippen molar-refractivity contribution in [3.8, 4) is 56.4 Å². The van der Waals surface area contributed by atoms with Gasteiger partial charge in [-0.05, 0) is 90.0 Å². The molecule has 0 saturated carbocycles. The van der Waals surface area contributed by atoms with Gasteiger partial charge in [0.15, 0.2) is 23.0 Å². The topological polar surface area (TPSA) is 18.5 Å². The molecule has 0 spiro atoms. The molecule has 0 unspecified atom stereocenters. The first kappa shape index (κ1) is 24.7. The minimum atomic E-state index is 0.725. The van der Waals surface area contributed by atoms with Crippen LogP contribution in [0.4, 0.5) is 0 Å². The molecule has 1 aliphatic rings. The average molecular weight is 563 g/mol. The van der Waals surface area contributed by atoms with E-state index < -0.39 is 0 Å². The third kappa shape index (κ3) is 3.96. The van der Waals surface area contributed by atoms with E-state index in [1.54, 1.807) is 0 Å². The van der Waals surface area contributed by atoms with Crippen molar-refractivity contribution >= 4 is 32.3 Å². The highest BCUT2D eigenvalue weighted by Gasteiger charge is 2.21. The fraction of sp³-hybridized carbons (Fsp3) is 0. The summed E-state index contributed by atoms with van der Waals surface area (Å²) in [6, 6.07) is 55.7. The molecule has 206 valence electrons. The molecule has 0 bridgehead atoms. The molecule has 0 amide bonds. The van der Waals surface area contributed by atoms with Crippen LogP contribution < -0.4 is 9.47 Å². The molecular weight excluding hydrogens is 536 g/mol. The smallest absolute Gasteiger partial charge is 0.170 e. The Morgan fingerprint density at radius 2 is 0.682 bits per heavy atom. The SMILES string of the molecule is c1ccc(-c2c3ccccc3c(-c3ccc(-c4ccc5c(c4)Oc4cc6ccccc6cc4O5)cc3)c3ccccc23)cc1. The van der Waals surface area contributed by atoms with Crippen molar-refractivity contribution in [2.45, 2.75) is 0 Å². The molecule has 44 heavy (non-hydrogen) atoms. The van der Waals surface area contributed by atoms with Crippen molar-refractivity contribution in [2.24, 2.45) is 0 Å². The molecule has 0 aromatic heterocycles. The van der Waals surface area contributed by atoms with E-state index in [1.165, 1.54) is 43.8 Å². The molecule has 1 heterocycles. The monoisotopic (exact) mass is 562 g/mol. The lowest BCUT2D eigenvalue weighted by atomic mass is 9.86.